The Hall–Kier alpha value is -1.71. The summed E-state index contributed by atoms with van der Waals surface area (Å²) in [5.74, 6) is 5.63. The lowest BCUT2D eigenvalue weighted by Gasteiger charge is -2.33. The number of nitrogens with zero attached hydrogens (tertiary/aromatic N) is 1. The Bertz CT molecular complexity index is 850. The molecule has 3 rings (SSSR count). The van der Waals surface area contributed by atoms with Crippen LogP contribution in [0, 0.1) is 11.8 Å². The Morgan fingerprint density at radius 3 is 2.48 bits per heavy atom. The second-order valence-electron chi connectivity index (χ2n) is 7.37. The summed E-state index contributed by atoms with van der Waals surface area (Å²) in [5, 5.41) is 4.26. The third-order valence-corrected chi connectivity index (χ3v) is 6.42. The average Bonchev–Trinajstić information content (AvgIpc) is 2.93. The van der Waals surface area contributed by atoms with Gasteiger partial charge in [-0.3, -0.25) is 0 Å². The van der Waals surface area contributed by atoms with Crippen LogP contribution < -0.4 is 5.32 Å². The average molecular weight is 395 g/mol. The van der Waals surface area contributed by atoms with Crippen molar-refractivity contribution < 1.29 is 13.2 Å². The fourth-order valence-corrected chi connectivity index (χ4v) is 5.03. The van der Waals surface area contributed by atoms with Gasteiger partial charge >= 0.3 is 6.18 Å². The number of hydrogen-bond acceptors (Lipinski definition) is 3. The van der Waals surface area contributed by atoms with Crippen molar-refractivity contribution in [2.24, 2.45) is 0 Å². The molecule has 0 aliphatic heterocycles. The maximum Gasteiger partial charge on any atom is 0.393 e. The minimum Gasteiger partial charge on any atom is -0.381 e. The van der Waals surface area contributed by atoms with E-state index in [9.17, 15) is 13.2 Å². The molecule has 0 spiro atoms. The predicted molar refractivity (Wildman–Crippen MR) is 107 cm³/mol. The molecule has 0 radical (unpaired) electrons. The first-order chi connectivity index (χ1) is 12.8. The summed E-state index contributed by atoms with van der Waals surface area (Å²) in [5.41, 5.74) is 1.23. The lowest BCUT2D eigenvalue weighted by atomic mass is 9.90. The standard InChI is InChI=1S/C21H25F3N2S/c1-4-6-19-17(13-21(22,23)24)16-7-5-8-18(20(16)27-19)25-14-9-11-15(12-10-14)26(2)3/h5,7-8,14-15,25H,9-13H2,1-3H3. The Morgan fingerprint density at radius 1 is 1.19 bits per heavy atom. The lowest BCUT2D eigenvalue weighted by molar-refractivity contribution is -0.126. The molecule has 1 aliphatic rings. The summed E-state index contributed by atoms with van der Waals surface area (Å²) in [6.45, 7) is 1.66. The van der Waals surface area contributed by atoms with Crippen molar-refractivity contribution in [2.45, 2.75) is 57.3 Å². The number of fused-ring (bicyclic) bond motifs is 1. The minimum atomic E-state index is -4.24. The third-order valence-electron chi connectivity index (χ3n) is 5.22. The van der Waals surface area contributed by atoms with E-state index in [1.165, 1.54) is 11.3 Å². The number of anilines is 1. The second-order valence-corrected chi connectivity index (χ2v) is 8.39. The van der Waals surface area contributed by atoms with E-state index in [1.807, 2.05) is 12.1 Å². The molecule has 1 aromatic carbocycles. The molecule has 1 heterocycles. The summed E-state index contributed by atoms with van der Waals surface area (Å²) in [4.78, 5) is 2.80. The highest BCUT2D eigenvalue weighted by Gasteiger charge is 2.31. The van der Waals surface area contributed by atoms with Crippen molar-refractivity contribution in [1.29, 1.82) is 0 Å². The van der Waals surface area contributed by atoms with Crippen LogP contribution in [0.2, 0.25) is 0 Å². The molecule has 1 fully saturated rings. The number of halogens is 3. The van der Waals surface area contributed by atoms with E-state index >= 15 is 0 Å². The number of alkyl halides is 3. The first-order valence-corrected chi connectivity index (χ1v) is 10.1. The van der Waals surface area contributed by atoms with Crippen molar-refractivity contribution in [3.63, 3.8) is 0 Å². The van der Waals surface area contributed by atoms with Crippen molar-refractivity contribution in [3.05, 3.63) is 28.6 Å². The summed E-state index contributed by atoms with van der Waals surface area (Å²) >= 11 is 1.37. The van der Waals surface area contributed by atoms with Crippen LogP contribution in [0.4, 0.5) is 18.9 Å². The van der Waals surface area contributed by atoms with Gasteiger partial charge in [0.25, 0.3) is 0 Å². The molecule has 2 aromatic rings. The number of hydrogen-bond donors (Lipinski definition) is 1. The van der Waals surface area contributed by atoms with Gasteiger partial charge in [-0.1, -0.05) is 18.1 Å². The van der Waals surface area contributed by atoms with E-state index in [0.29, 0.717) is 27.9 Å². The van der Waals surface area contributed by atoms with E-state index in [2.05, 4.69) is 36.2 Å². The van der Waals surface area contributed by atoms with Gasteiger partial charge in [-0.2, -0.15) is 13.2 Å². The van der Waals surface area contributed by atoms with Crippen LogP contribution in [0.25, 0.3) is 10.1 Å². The fraction of sp³-hybridized carbons (Fsp3) is 0.524. The van der Waals surface area contributed by atoms with Gasteiger partial charge in [-0.05, 0) is 63.7 Å². The van der Waals surface area contributed by atoms with E-state index in [-0.39, 0.29) is 0 Å². The van der Waals surface area contributed by atoms with Crippen molar-refractivity contribution in [3.8, 4) is 11.8 Å². The zero-order valence-corrected chi connectivity index (χ0v) is 16.7. The van der Waals surface area contributed by atoms with Gasteiger partial charge in [0.1, 0.15) is 0 Å². The molecule has 0 saturated heterocycles. The zero-order chi connectivity index (χ0) is 19.6. The van der Waals surface area contributed by atoms with Crippen LogP contribution >= 0.6 is 11.3 Å². The van der Waals surface area contributed by atoms with Crippen molar-refractivity contribution in [1.82, 2.24) is 4.90 Å². The fourth-order valence-electron chi connectivity index (χ4n) is 3.83. The molecule has 146 valence electrons. The van der Waals surface area contributed by atoms with Crippen LogP contribution in [0.5, 0.6) is 0 Å². The number of thiophene rings is 1. The Balaban J connectivity index is 1.89. The van der Waals surface area contributed by atoms with Crippen LogP contribution in [0.3, 0.4) is 0 Å². The third kappa shape index (κ3) is 4.77. The molecule has 0 unspecified atom stereocenters. The maximum atomic E-state index is 13.1. The lowest BCUT2D eigenvalue weighted by Crippen LogP contribution is -2.36. The van der Waals surface area contributed by atoms with Gasteiger partial charge in [-0.15, -0.1) is 17.3 Å². The van der Waals surface area contributed by atoms with Gasteiger partial charge in [0.15, 0.2) is 0 Å². The molecule has 27 heavy (non-hydrogen) atoms. The van der Waals surface area contributed by atoms with E-state index in [0.717, 1.165) is 36.1 Å². The van der Waals surface area contributed by atoms with Crippen molar-refractivity contribution in [2.75, 3.05) is 19.4 Å². The molecule has 0 atom stereocenters. The molecule has 1 aliphatic carbocycles. The van der Waals surface area contributed by atoms with Crippen molar-refractivity contribution >= 4 is 27.1 Å². The van der Waals surface area contributed by atoms with E-state index in [1.54, 1.807) is 13.0 Å². The van der Waals surface area contributed by atoms with Gasteiger partial charge < -0.3 is 10.2 Å². The monoisotopic (exact) mass is 394 g/mol. The van der Waals surface area contributed by atoms with E-state index in [4.69, 9.17) is 0 Å². The Kier molecular flexibility index (Phi) is 6.02. The summed E-state index contributed by atoms with van der Waals surface area (Å²) < 4.78 is 40.1. The topological polar surface area (TPSA) is 15.3 Å². The molecular weight excluding hydrogens is 369 g/mol. The molecule has 0 amide bonds. The summed E-state index contributed by atoms with van der Waals surface area (Å²) in [6.07, 6.45) is -0.766. The molecule has 6 heteroatoms. The highest BCUT2D eigenvalue weighted by molar-refractivity contribution is 7.20. The van der Waals surface area contributed by atoms with Crippen LogP contribution in [0.1, 0.15) is 43.0 Å². The number of rotatable bonds is 4. The Labute approximate surface area is 162 Å². The van der Waals surface area contributed by atoms with Gasteiger partial charge in [0.2, 0.25) is 0 Å². The Morgan fingerprint density at radius 2 is 1.89 bits per heavy atom. The molecule has 2 nitrogen and oxygen atoms in total. The van der Waals surface area contributed by atoms with Crippen LogP contribution in [-0.4, -0.2) is 37.3 Å². The highest BCUT2D eigenvalue weighted by atomic mass is 32.1. The maximum absolute atomic E-state index is 13.1. The predicted octanol–water partition coefficient (Wildman–Crippen LogP) is 5.66. The van der Waals surface area contributed by atoms with Gasteiger partial charge in [0.05, 0.1) is 21.7 Å². The van der Waals surface area contributed by atoms with Gasteiger partial charge in [0, 0.05) is 12.1 Å². The first-order valence-electron chi connectivity index (χ1n) is 9.25. The quantitative estimate of drug-likeness (QED) is 0.673. The zero-order valence-electron chi connectivity index (χ0n) is 15.9. The number of benzene rings is 1. The van der Waals surface area contributed by atoms with Crippen LogP contribution in [0.15, 0.2) is 18.2 Å². The normalized spacial score (nSPS) is 20.6. The molecule has 1 N–H and O–H groups in total. The summed E-state index contributed by atoms with van der Waals surface area (Å²) in [7, 11) is 4.23. The molecule has 1 saturated carbocycles. The molecular formula is C21H25F3N2S. The minimum absolute atomic E-state index is 0.303. The molecule has 1 aromatic heterocycles. The molecule has 0 bridgehead atoms. The highest BCUT2D eigenvalue weighted by Crippen LogP contribution is 2.39. The summed E-state index contributed by atoms with van der Waals surface area (Å²) in [6, 6.07) is 6.57. The second kappa shape index (κ2) is 8.12. The largest absolute Gasteiger partial charge is 0.393 e. The SMILES string of the molecule is CC#Cc1sc2c(NC3CCC(N(C)C)CC3)cccc2c1CC(F)(F)F. The van der Waals surface area contributed by atoms with Crippen LogP contribution in [-0.2, 0) is 6.42 Å². The van der Waals surface area contributed by atoms with E-state index < -0.39 is 12.6 Å². The first kappa shape index (κ1) is 20.0. The van der Waals surface area contributed by atoms with Gasteiger partial charge in [-0.25, -0.2) is 0 Å². The number of nitrogens with one attached hydrogen (secondary N) is 1. The smallest absolute Gasteiger partial charge is 0.381 e.